The van der Waals surface area contributed by atoms with E-state index < -0.39 is 46.1 Å². The summed E-state index contributed by atoms with van der Waals surface area (Å²) in [4.78, 5) is 1.28. The standard InChI is InChI=1S/C27H38F2N4O6S4/c1-25(2,3)16-26(4,5)17-27(6,7)31-42(36,37)18-9-11-19(12-10-18)43(38,39)32-30-24-33(8)21-15-20(13-14-22(21)40-24)41(34,35)23(28)29/h9-15,23,31-32H,16-17H2,1-8H3/b30-24-. The molecule has 240 valence electrons. The van der Waals surface area contributed by atoms with E-state index in [1.165, 1.54) is 29.8 Å². The predicted octanol–water partition coefficient (Wildman–Crippen LogP) is 4.94. The summed E-state index contributed by atoms with van der Waals surface area (Å²) in [5.41, 5.74) is -0.592. The number of sulfone groups is 1. The molecule has 0 aliphatic heterocycles. The first-order valence-corrected chi connectivity index (χ1v) is 18.5. The maximum Gasteiger partial charge on any atom is 0.341 e. The fraction of sp³-hybridized carbons (Fsp3) is 0.519. The van der Waals surface area contributed by atoms with Gasteiger partial charge in [0.25, 0.3) is 10.0 Å². The number of fused-ring (bicyclic) bond motifs is 1. The number of halogens is 2. The first kappa shape index (κ1) is 35.1. The molecule has 3 aromatic rings. The topological polar surface area (TPSA) is 144 Å². The number of benzene rings is 2. The first-order chi connectivity index (χ1) is 19.4. The van der Waals surface area contributed by atoms with E-state index in [-0.39, 0.29) is 30.9 Å². The molecule has 10 nitrogen and oxygen atoms in total. The van der Waals surface area contributed by atoms with E-state index in [0.29, 0.717) is 11.1 Å². The summed E-state index contributed by atoms with van der Waals surface area (Å²) in [6.45, 7) is 14.2. The number of sulfonamides is 2. The van der Waals surface area contributed by atoms with Crippen LogP contribution in [0.4, 0.5) is 8.78 Å². The Morgan fingerprint density at radius 3 is 1.84 bits per heavy atom. The van der Waals surface area contributed by atoms with Crippen molar-refractivity contribution >= 4 is 51.4 Å². The van der Waals surface area contributed by atoms with Crippen molar-refractivity contribution in [1.29, 1.82) is 0 Å². The van der Waals surface area contributed by atoms with Gasteiger partial charge in [0, 0.05) is 12.6 Å². The SMILES string of the molecule is Cn1/c(=N/NS(=O)(=O)c2ccc(S(=O)(=O)NC(C)(C)CC(C)(C)CC(C)(C)C)cc2)sc2ccc(S(=O)(=O)C(F)F)cc21. The minimum absolute atomic E-state index is 0.0671. The van der Waals surface area contributed by atoms with Crippen LogP contribution in [-0.2, 0) is 36.9 Å². The molecule has 3 rings (SSSR count). The molecule has 2 N–H and O–H groups in total. The Kier molecular flexibility index (Phi) is 9.66. The van der Waals surface area contributed by atoms with Crippen molar-refractivity contribution in [2.24, 2.45) is 23.0 Å². The summed E-state index contributed by atoms with van der Waals surface area (Å²) in [7, 11) is -11.5. The van der Waals surface area contributed by atoms with Crippen molar-refractivity contribution in [3.05, 3.63) is 47.3 Å². The fourth-order valence-corrected chi connectivity index (χ4v) is 9.57. The Balaban J connectivity index is 1.82. The smallest absolute Gasteiger partial charge is 0.318 e. The van der Waals surface area contributed by atoms with Crippen LogP contribution < -0.4 is 14.4 Å². The average Bonchev–Trinajstić information content (AvgIpc) is 3.14. The van der Waals surface area contributed by atoms with Crippen molar-refractivity contribution < 1.29 is 34.0 Å². The van der Waals surface area contributed by atoms with Crippen LogP contribution in [0.25, 0.3) is 10.2 Å². The minimum Gasteiger partial charge on any atom is -0.318 e. The average molecular weight is 681 g/mol. The molecular formula is C27H38F2N4O6S4. The number of hydrogen-bond donors (Lipinski definition) is 2. The van der Waals surface area contributed by atoms with Gasteiger partial charge in [-0.2, -0.15) is 22.0 Å². The third-order valence-electron chi connectivity index (χ3n) is 6.39. The summed E-state index contributed by atoms with van der Waals surface area (Å²) < 4.78 is 106. The number of aromatic nitrogens is 1. The largest absolute Gasteiger partial charge is 0.341 e. The van der Waals surface area contributed by atoms with Gasteiger partial charge in [-0.05, 0) is 80.0 Å². The van der Waals surface area contributed by atoms with E-state index in [1.807, 2.05) is 13.8 Å². The highest BCUT2D eigenvalue weighted by Gasteiger charge is 2.35. The molecule has 0 aliphatic carbocycles. The Morgan fingerprint density at radius 2 is 1.33 bits per heavy atom. The molecule has 2 aromatic carbocycles. The third kappa shape index (κ3) is 8.62. The van der Waals surface area contributed by atoms with Crippen molar-refractivity contribution in [3.63, 3.8) is 0 Å². The van der Waals surface area contributed by atoms with Gasteiger partial charge in [0.2, 0.25) is 24.7 Å². The molecule has 1 aromatic heterocycles. The van der Waals surface area contributed by atoms with Gasteiger partial charge in [-0.15, -0.1) is 5.10 Å². The van der Waals surface area contributed by atoms with E-state index in [1.54, 1.807) is 0 Å². The van der Waals surface area contributed by atoms with Crippen LogP contribution in [0.3, 0.4) is 0 Å². The molecule has 16 heteroatoms. The van der Waals surface area contributed by atoms with Crippen LogP contribution >= 0.6 is 11.3 Å². The summed E-state index contributed by atoms with van der Waals surface area (Å²) in [5.74, 6) is -3.58. The zero-order valence-corrected chi connectivity index (χ0v) is 28.5. The van der Waals surface area contributed by atoms with Crippen LogP contribution in [0.5, 0.6) is 0 Å². The number of alkyl halides is 2. The molecule has 0 fully saturated rings. The molecular weight excluding hydrogens is 643 g/mol. The zero-order valence-electron chi connectivity index (χ0n) is 25.3. The Morgan fingerprint density at radius 1 is 0.814 bits per heavy atom. The molecule has 0 aliphatic rings. The second-order valence-electron chi connectivity index (χ2n) is 13.1. The molecule has 1 heterocycles. The molecule has 43 heavy (non-hydrogen) atoms. The van der Waals surface area contributed by atoms with Gasteiger partial charge in [0.15, 0.2) is 0 Å². The lowest BCUT2D eigenvalue weighted by molar-refractivity contribution is 0.162. The summed E-state index contributed by atoms with van der Waals surface area (Å²) >= 11 is 1.00. The second-order valence-corrected chi connectivity index (χ2v) is 19.4. The molecule has 0 saturated heterocycles. The number of nitrogens with one attached hydrogen (secondary N) is 2. The van der Waals surface area contributed by atoms with E-state index in [0.717, 1.165) is 42.0 Å². The van der Waals surface area contributed by atoms with Crippen molar-refractivity contribution in [2.45, 2.75) is 87.3 Å². The summed E-state index contributed by atoms with van der Waals surface area (Å²) in [6.07, 6.45) is 1.46. The van der Waals surface area contributed by atoms with Gasteiger partial charge in [0.1, 0.15) is 0 Å². The highest BCUT2D eigenvalue weighted by molar-refractivity contribution is 7.91. The highest BCUT2D eigenvalue weighted by atomic mass is 32.2. The number of hydrogen-bond acceptors (Lipinski definition) is 8. The number of nitrogens with zero attached hydrogens (tertiary/aromatic N) is 2. The molecule has 0 bridgehead atoms. The van der Waals surface area contributed by atoms with Crippen LogP contribution in [0.1, 0.15) is 61.3 Å². The van der Waals surface area contributed by atoms with Gasteiger partial charge in [0.05, 0.1) is 24.9 Å². The molecule has 0 radical (unpaired) electrons. The lowest BCUT2D eigenvalue weighted by Gasteiger charge is -2.39. The highest BCUT2D eigenvalue weighted by Crippen LogP contribution is 2.39. The monoisotopic (exact) mass is 680 g/mol. The Labute approximate surface area is 256 Å². The maximum absolute atomic E-state index is 13.2. The van der Waals surface area contributed by atoms with Crippen LogP contribution in [-0.4, -0.2) is 41.1 Å². The Bertz CT molecular complexity index is 1890. The summed E-state index contributed by atoms with van der Waals surface area (Å²) in [5, 5.41) is 3.91. The minimum atomic E-state index is -4.82. The Hall–Kier alpha value is -2.40. The molecule has 0 spiro atoms. The van der Waals surface area contributed by atoms with Crippen LogP contribution in [0.15, 0.2) is 62.3 Å². The van der Waals surface area contributed by atoms with E-state index in [4.69, 9.17) is 0 Å². The molecule has 0 unspecified atom stereocenters. The lowest BCUT2D eigenvalue weighted by atomic mass is 9.71. The number of aryl methyl sites for hydroxylation is 1. The molecule has 0 atom stereocenters. The number of rotatable bonds is 11. The van der Waals surface area contributed by atoms with Crippen LogP contribution in [0.2, 0.25) is 0 Å². The van der Waals surface area contributed by atoms with E-state index >= 15 is 0 Å². The number of thiazole rings is 1. The van der Waals surface area contributed by atoms with Crippen molar-refractivity contribution in [2.75, 3.05) is 0 Å². The van der Waals surface area contributed by atoms with Crippen molar-refractivity contribution in [3.8, 4) is 0 Å². The maximum atomic E-state index is 13.2. The van der Waals surface area contributed by atoms with Crippen molar-refractivity contribution in [1.82, 2.24) is 14.1 Å². The lowest BCUT2D eigenvalue weighted by Crippen LogP contribution is -2.46. The molecule has 0 amide bonds. The predicted molar refractivity (Wildman–Crippen MR) is 163 cm³/mol. The fourth-order valence-electron chi connectivity index (χ4n) is 5.60. The third-order valence-corrected chi connectivity index (χ3v) is 11.8. The van der Waals surface area contributed by atoms with E-state index in [9.17, 15) is 34.0 Å². The van der Waals surface area contributed by atoms with E-state index in [2.05, 4.69) is 49.3 Å². The summed E-state index contributed by atoms with van der Waals surface area (Å²) in [6, 6.07) is 8.14. The van der Waals surface area contributed by atoms with Gasteiger partial charge in [-0.25, -0.2) is 21.6 Å². The van der Waals surface area contributed by atoms with Gasteiger partial charge in [-0.1, -0.05) is 46.0 Å². The van der Waals surface area contributed by atoms with Gasteiger partial charge < -0.3 is 4.57 Å². The van der Waals surface area contributed by atoms with Crippen LogP contribution in [0, 0.1) is 10.8 Å². The molecule has 0 saturated carbocycles. The zero-order chi connectivity index (χ0) is 32.8. The second kappa shape index (κ2) is 11.8. The normalized spacial score (nSPS) is 14.5. The quantitative estimate of drug-likeness (QED) is 0.275. The first-order valence-electron chi connectivity index (χ1n) is 13.2. The van der Waals surface area contributed by atoms with Gasteiger partial charge in [-0.3, -0.25) is 0 Å². The van der Waals surface area contributed by atoms with Gasteiger partial charge >= 0.3 is 5.76 Å².